The molecule has 1 aromatic heterocycles. The Morgan fingerprint density at radius 1 is 1.30 bits per heavy atom. The number of rotatable bonds is 3. The van der Waals surface area contributed by atoms with Crippen LogP contribution >= 0.6 is 11.3 Å². The van der Waals surface area contributed by atoms with Crippen molar-refractivity contribution in [3.63, 3.8) is 0 Å². The Bertz CT molecular complexity index is 957. The van der Waals surface area contributed by atoms with E-state index >= 15 is 0 Å². The number of ketones is 1. The van der Waals surface area contributed by atoms with Gasteiger partial charge in [0, 0.05) is 29.7 Å². The molecule has 0 saturated carbocycles. The van der Waals surface area contributed by atoms with Gasteiger partial charge in [-0.1, -0.05) is 0 Å². The van der Waals surface area contributed by atoms with Crippen LogP contribution in [0, 0.1) is 5.82 Å². The zero-order chi connectivity index (χ0) is 19.8. The zero-order valence-electron chi connectivity index (χ0n) is 14.6. The van der Waals surface area contributed by atoms with Gasteiger partial charge in [-0.25, -0.2) is 4.39 Å². The highest BCUT2D eigenvalue weighted by Crippen LogP contribution is 2.40. The van der Waals surface area contributed by atoms with Crippen molar-refractivity contribution in [2.24, 2.45) is 4.99 Å². The summed E-state index contributed by atoms with van der Waals surface area (Å²) in [5.74, 6) is -0.843. The van der Waals surface area contributed by atoms with Gasteiger partial charge in [0.05, 0.1) is 4.88 Å². The van der Waals surface area contributed by atoms with Gasteiger partial charge in [-0.2, -0.15) is 13.2 Å². The molecule has 1 N–H and O–H groups in total. The topological polar surface area (TPSA) is 41.5 Å². The van der Waals surface area contributed by atoms with Crippen molar-refractivity contribution in [1.29, 1.82) is 0 Å². The first-order chi connectivity index (χ1) is 12.7. The Labute approximate surface area is 157 Å². The van der Waals surface area contributed by atoms with E-state index in [0.29, 0.717) is 23.5 Å². The third-order valence-electron chi connectivity index (χ3n) is 4.21. The third kappa shape index (κ3) is 3.95. The minimum absolute atomic E-state index is 0.0400. The van der Waals surface area contributed by atoms with E-state index in [1.807, 2.05) is 0 Å². The largest absolute Gasteiger partial charge is 0.432 e. The Balaban J connectivity index is 1.98. The van der Waals surface area contributed by atoms with Gasteiger partial charge in [0.15, 0.2) is 5.78 Å². The molecule has 1 aromatic carbocycles. The standard InChI is InChI=1S/C19H16F4N2OS/c1-10(7-16(24-2)19(21,22)23)17(26)15-8-11-5-6-25-14-9-12(20)3-4-13(14)18(11)27-15/h3-4,7-9,25H,5-6H2,1-2H3/b10-7+,24-16?. The molecule has 0 unspecified atom stereocenters. The van der Waals surface area contributed by atoms with Crippen LogP contribution in [0.4, 0.5) is 23.2 Å². The van der Waals surface area contributed by atoms with Gasteiger partial charge in [0.2, 0.25) is 0 Å². The number of halogens is 4. The van der Waals surface area contributed by atoms with Crippen molar-refractivity contribution in [2.45, 2.75) is 19.5 Å². The van der Waals surface area contributed by atoms with Crippen LogP contribution < -0.4 is 5.32 Å². The Kier molecular flexibility index (Phi) is 5.19. The lowest BCUT2D eigenvalue weighted by Crippen LogP contribution is -2.21. The lowest BCUT2D eigenvalue weighted by molar-refractivity contribution is -0.0577. The average molecular weight is 396 g/mol. The summed E-state index contributed by atoms with van der Waals surface area (Å²) < 4.78 is 52.1. The fourth-order valence-corrected chi connectivity index (χ4v) is 4.14. The highest BCUT2D eigenvalue weighted by atomic mass is 32.1. The molecule has 8 heteroatoms. The first-order valence-electron chi connectivity index (χ1n) is 8.14. The molecule has 0 atom stereocenters. The molecule has 3 nitrogen and oxygen atoms in total. The van der Waals surface area contributed by atoms with Gasteiger partial charge in [-0.05, 0) is 54.8 Å². The molecule has 27 heavy (non-hydrogen) atoms. The van der Waals surface area contributed by atoms with Crippen LogP contribution in [-0.4, -0.2) is 31.3 Å². The predicted octanol–water partition coefficient (Wildman–Crippen LogP) is 5.28. The second-order valence-corrected chi connectivity index (χ2v) is 7.15. The highest BCUT2D eigenvalue weighted by molar-refractivity contribution is 7.17. The number of fused-ring (bicyclic) bond motifs is 3. The number of anilines is 1. The van der Waals surface area contributed by atoms with E-state index < -0.39 is 17.7 Å². The molecule has 2 heterocycles. The number of nitrogens with zero attached hydrogens (tertiary/aromatic N) is 1. The number of aliphatic imine (C=N–C) groups is 1. The first kappa shape index (κ1) is 19.3. The van der Waals surface area contributed by atoms with Gasteiger partial charge >= 0.3 is 6.18 Å². The molecule has 0 radical (unpaired) electrons. The van der Waals surface area contributed by atoms with Crippen LogP contribution in [0.25, 0.3) is 10.4 Å². The normalized spacial score (nSPS) is 14.9. The second-order valence-electron chi connectivity index (χ2n) is 6.09. The molecule has 0 bridgehead atoms. The number of benzene rings is 1. The van der Waals surface area contributed by atoms with E-state index in [9.17, 15) is 22.4 Å². The summed E-state index contributed by atoms with van der Waals surface area (Å²) in [6.45, 7) is 1.92. The van der Waals surface area contributed by atoms with Gasteiger partial charge < -0.3 is 5.32 Å². The minimum Gasteiger partial charge on any atom is -0.384 e. The maximum atomic E-state index is 13.5. The van der Waals surface area contributed by atoms with E-state index in [2.05, 4.69) is 10.3 Å². The molecule has 0 amide bonds. The SMILES string of the molecule is CN=C(/C=C(\C)C(=O)c1cc2c(s1)-c1ccc(F)cc1NCC2)C(F)(F)F. The van der Waals surface area contributed by atoms with Crippen LogP contribution in [0.2, 0.25) is 0 Å². The number of hydrogen-bond donors (Lipinski definition) is 1. The summed E-state index contributed by atoms with van der Waals surface area (Å²) in [5, 5.41) is 3.15. The Hall–Kier alpha value is -2.48. The van der Waals surface area contributed by atoms with Gasteiger partial charge in [-0.3, -0.25) is 9.79 Å². The van der Waals surface area contributed by atoms with E-state index in [1.54, 1.807) is 12.1 Å². The number of alkyl halides is 3. The molecule has 0 fully saturated rings. The molecule has 1 aliphatic rings. The molecule has 142 valence electrons. The summed E-state index contributed by atoms with van der Waals surface area (Å²) in [6, 6.07) is 6.08. The average Bonchev–Trinajstić information content (AvgIpc) is 2.94. The molecule has 1 aliphatic heterocycles. The zero-order valence-corrected chi connectivity index (χ0v) is 15.4. The van der Waals surface area contributed by atoms with Crippen molar-refractivity contribution in [3.8, 4) is 10.4 Å². The third-order valence-corrected chi connectivity index (χ3v) is 5.42. The second kappa shape index (κ2) is 7.26. The molecule has 2 aromatic rings. The monoisotopic (exact) mass is 396 g/mol. The number of carbonyl (C=O) groups excluding carboxylic acids is 1. The van der Waals surface area contributed by atoms with E-state index in [-0.39, 0.29) is 11.4 Å². The van der Waals surface area contributed by atoms with Crippen molar-refractivity contribution in [3.05, 3.63) is 52.2 Å². The highest BCUT2D eigenvalue weighted by Gasteiger charge is 2.34. The Morgan fingerprint density at radius 2 is 2.04 bits per heavy atom. The number of allylic oxidation sites excluding steroid dienone is 2. The van der Waals surface area contributed by atoms with Crippen LogP contribution in [0.1, 0.15) is 22.2 Å². The van der Waals surface area contributed by atoms with Crippen LogP contribution in [0.15, 0.2) is 40.9 Å². The van der Waals surface area contributed by atoms with E-state index in [1.165, 1.54) is 30.4 Å². The molecule has 0 spiro atoms. The Morgan fingerprint density at radius 3 is 2.70 bits per heavy atom. The minimum atomic E-state index is -4.61. The number of carbonyl (C=O) groups is 1. The van der Waals surface area contributed by atoms with Gasteiger partial charge in [-0.15, -0.1) is 11.3 Å². The summed E-state index contributed by atoms with van der Waals surface area (Å²) in [7, 11) is 1.04. The van der Waals surface area contributed by atoms with Crippen LogP contribution in [0.5, 0.6) is 0 Å². The quantitative estimate of drug-likeness (QED) is 0.332. The van der Waals surface area contributed by atoms with Crippen molar-refractivity contribution < 1.29 is 22.4 Å². The summed E-state index contributed by atoms with van der Waals surface area (Å²) >= 11 is 1.20. The van der Waals surface area contributed by atoms with Crippen molar-refractivity contribution in [2.75, 3.05) is 18.9 Å². The first-order valence-corrected chi connectivity index (χ1v) is 8.96. The number of Topliss-reactive ketones (excluding diaryl/α,β-unsaturated/α-hetero) is 1. The van der Waals surface area contributed by atoms with E-state index in [0.717, 1.165) is 29.1 Å². The maximum absolute atomic E-state index is 13.5. The predicted molar refractivity (Wildman–Crippen MR) is 99.4 cm³/mol. The lowest BCUT2D eigenvalue weighted by Gasteiger charge is -2.08. The van der Waals surface area contributed by atoms with Gasteiger partial charge in [0.25, 0.3) is 0 Å². The summed E-state index contributed by atoms with van der Waals surface area (Å²) in [5.41, 5.74) is 1.19. The van der Waals surface area contributed by atoms with E-state index in [4.69, 9.17) is 0 Å². The number of nitrogens with one attached hydrogen (secondary N) is 1. The molecular weight excluding hydrogens is 380 g/mol. The van der Waals surface area contributed by atoms with Crippen LogP contribution in [0.3, 0.4) is 0 Å². The lowest BCUT2D eigenvalue weighted by atomic mass is 10.1. The summed E-state index contributed by atoms with van der Waals surface area (Å²) in [4.78, 5) is 17.0. The smallest absolute Gasteiger partial charge is 0.384 e. The molecule has 0 aliphatic carbocycles. The summed E-state index contributed by atoms with van der Waals surface area (Å²) in [6.07, 6.45) is -3.22. The maximum Gasteiger partial charge on any atom is 0.432 e. The number of thiophene rings is 1. The van der Waals surface area contributed by atoms with Gasteiger partial charge in [0.1, 0.15) is 11.5 Å². The molecule has 0 saturated heterocycles. The number of hydrogen-bond acceptors (Lipinski definition) is 4. The fourth-order valence-electron chi connectivity index (χ4n) is 2.88. The molecular formula is C19H16F4N2OS. The van der Waals surface area contributed by atoms with Crippen LogP contribution in [-0.2, 0) is 6.42 Å². The van der Waals surface area contributed by atoms with Crippen molar-refractivity contribution >= 4 is 28.5 Å². The fraction of sp³-hybridized carbons (Fsp3) is 0.263. The van der Waals surface area contributed by atoms with Crippen molar-refractivity contribution in [1.82, 2.24) is 0 Å². The molecule has 3 rings (SSSR count).